The van der Waals surface area contributed by atoms with Crippen LogP contribution in [0.4, 0.5) is 5.69 Å². The van der Waals surface area contributed by atoms with Crippen LogP contribution in [0.2, 0.25) is 0 Å². The summed E-state index contributed by atoms with van der Waals surface area (Å²) in [5, 5.41) is 3.37. The molecule has 0 saturated carbocycles. The van der Waals surface area contributed by atoms with Crippen molar-refractivity contribution in [3.05, 3.63) is 28.2 Å². The third-order valence-corrected chi connectivity index (χ3v) is 4.46. The molecule has 2 nitrogen and oxygen atoms in total. The van der Waals surface area contributed by atoms with Crippen molar-refractivity contribution in [2.75, 3.05) is 18.0 Å². The summed E-state index contributed by atoms with van der Waals surface area (Å²) in [5.41, 5.74) is 2.68. The highest BCUT2D eigenvalue weighted by Gasteiger charge is 2.26. The van der Waals surface area contributed by atoms with Crippen LogP contribution in [-0.2, 0) is 6.54 Å². The van der Waals surface area contributed by atoms with E-state index in [-0.39, 0.29) is 0 Å². The normalized spacial score (nSPS) is 23.7. The van der Waals surface area contributed by atoms with E-state index in [0.29, 0.717) is 6.04 Å². The zero-order valence-electron chi connectivity index (χ0n) is 11.5. The number of nitrogens with zero attached hydrogens (tertiary/aromatic N) is 1. The number of anilines is 1. The van der Waals surface area contributed by atoms with E-state index < -0.39 is 0 Å². The molecule has 3 heteroatoms. The molecular weight excluding hydrogens is 288 g/mol. The molecule has 100 valence electrons. The zero-order valence-corrected chi connectivity index (χ0v) is 13.1. The van der Waals surface area contributed by atoms with Gasteiger partial charge in [0.25, 0.3) is 0 Å². The second-order valence-electron chi connectivity index (χ2n) is 5.40. The number of benzene rings is 1. The Hall–Kier alpha value is -0.540. The van der Waals surface area contributed by atoms with Crippen LogP contribution in [0.15, 0.2) is 22.7 Å². The van der Waals surface area contributed by atoms with E-state index in [9.17, 15) is 0 Å². The lowest BCUT2D eigenvalue weighted by atomic mass is 10.1. The molecule has 1 fully saturated rings. The van der Waals surface area contributed by atoms with Crippen LogP contribution in [0.25, 0.3) is 0 Å². The van der Waals surface area contributed by atoms with Crippen molar-refractivity contribution < 1.29 is 0 Å². The summed E-state index contributed by atoms with van der Waals surface area (Å²) in [6.45, 7) is 9.92. The predicted molar refractivity (Wildman–Crippen MR) is 82.1 cm³/mol. The molecule has 1 aromatic carbocycles. The highest BCUT2D eigenvalue weighted by atomic mass is 79.9. The van der Waals surface area contributed by atoms with Gasteiger partial charge in [-0.25, -0.2) is 0 Å². The molecule has 0 amide bonds. The van der Waals surface area contributed by atoms with Crippen LogP contribution >= 0.6 is 15.9 Å². The summed E-state index contributed by atoms with van der Waals surface area (Å²) >= 11 is 3.69. The Kier molecular flexibility index (Phi) is 4.68. The third-order valence-electron chi connectivity index (χ3n) is 3.72. The van der Waals surface area contributed by atoms with Gasteiger partial charge in [-0.05, 0) is 43.5 Å². The van der Waals surface area contributed by atoms with Crippen molar-refractivity contribution in [2.45, 2.75) is 39.8 Å². The molecule has 1 aliphatic heterocycles. The largest absolute Gasteiger partial charge is 0.369 e. The first-order valence-corrected chi connectivity index (χ1v) is 7.67. The standard InChI is InChI=1S/C15H23BrN2/c1-4-17-9-13-5-6-14(8-15(13)16)18-10-11(2)7-12(18)3/h5-6,8,11-12,17H,4,7,9-10H2,1-3H3. The van der Waals surface area contributed by atoms with Crippen LogP contribution in [0, 0.1) is 5.92 Å². The van der Waals surface area contributed by atoms with Crippen molar-refractivity contribution in [1.29, 1.82) is 0 Å². The molecule has 18 heavy (non-hydrogen) atoms. The first-order chi connectivity index (χ1) is 8.61. The van der Waals surface area contributed by atoms with E-state index in [1.807, 2.05) is 0 Å². The molecule has 0 spiro atoms. The molecule has 1 heterocycles. The molecule has 1 saturated heterocycles. The van der Waals surface area contributed by atoms with E-state index in [0.717, 1.165) is 19.0 Å². The molecule has 1 aliphatic rings. The summed E-state index contributed by atoms with van der Waals surface area (Å²) in [6.07, 6.45) is 1.30. The topological polar surface area (TPSA) is 15.3 Å². The summed E-state index contributed by atoms with van der Waals surface area (Å²) in [7, 11) is 0. The number of halogens is 1. The average molecular weight is 311 g/mol. The van der Waals surface area contributed by atoms with Crippen molar-refractivity contribution in [3.8, 4) is 0 Å². The first kappa shape index (κ1) is 13.9. The van der Waals surface area contributed by atoms with Gasteiger partial charge in [0.2, 0.25) is 0 Å². The number of rotatable bonds is 4. The Labute approximate surface area is 119 Å². The molecule has 0 radical (unpaired) electrons. The maximum atomic E-state index is 3.69. The van der Waals surface area contributed by atoms with Gasteiger partial charge in [0.15, 0.2) is 0 Å². The Morgan fingerprint density at radius 1 is 1.39 bits per heavy atom. The first-order valence-electron chi connectivity index (χ1n) is 6.87. The van der Waals surface area contributed by atoms with Gasteiger partial charge in [-0.15, -0.1) is 0 Å². The number of hydrogen-bond acceptors (Lipinski definition) is 2. The van der Waals surface area contributed by atoms with Gasteiger partial charge in [0.1, 0.15) is 0 Å². The molecule has 2 atom stereocenters. The van der Waals surface area contributed by atoms with E-state index >= 15 is 0 Å². The lowest BCUT2D eigenvalue weighted by Crippen LogP contribution is -2.26. The second kappa shape index (κ2) is 6.07. The Morgan fingerprint density at radius 2 is 2.17 bits per heavy atom. The van der Waals surface area contributed by atoms with E-state index in [1.54, 1.807) is 0 Å². The van der Waals surface area contributed by atoms with Crippen molar-refractivity contribution >= 4 is 21.6 Å². The molecular formula is C15H23BrN2. The van der Waals surface area contributed by atoms with Crippen LogP contribution in [0.3, 0.4) is 0 Å². The molecule has 1 aromatic rings. The minimum atomic E-state index is 0.659. The molecule has 0 aliphatic carbocycles. The lowest BCUT2D eigenvalue weighted by Gasteiger charge is -2.24. The van der Waals surface area contributed by atoms with Crippen molar-refractivity contribution in [2.24, 2.45) is 5.92 Å². The van der Waals surface area contributed by atoms with Gasteiger partial charge in [-0.2, -0.15) is 0 Å². The van der Waals surface area contributed by atoms with Gasteiger partial charge < -0.3 is 10.2 Å². The van der Waals surface area contributed by atoms with Crippen molar-refractivity contribution in [3.63, 3.8) is 0 Å². The average Bonchev–Trinajstić information content (AvgIpc) is 2.67. The molecule has 0 aromatic heterocycles. The summed E-state index contributed by atoms with van der Waals surface area (Å²) in [5.74, 6) is 0.806. The van der Waals surface area contributed by atoms with E-state index in [1.165, 1.54) is 28.7 Å². The van der Waals surface area contributed by atoms with Gasteiger partial charge in [-0.3, -0.25) is 0 Å². The zero-order chi connectivity index (χ0) is 13.1. The Morgan fingerprint density at radius 3 is 2.72 bits per heavy atom. The third kappa shape index (κ3) is 3.07. The smallest absolute Gasteiger partial charge is 0.0380 e. The lowest BCUT2D eigenvalue weighted by molar-refractivity contribution is 0.625. The molecule has 2 rings (SSSR count). The van der Waals surface area contributed by atoms with Gasteiger partial charge in [-0.1, -0.05) is 35.8 Å². The van der Waals surface area contributed by atoms with Crippen LogP contribution < -0.4 is 10.2 Å². The minimum Gasteiger partial charge on any atom is -0.369 e. The minimum absolute atomic E-state index is 0.659. The van der Waals surface area contributed by atoms with Gasteiger partial charge >= 0.3 is 0 Å². The summed E-state index contributed by atoms with van der Waals surface area (Å²) in [6, 6.07) is 7.41. The maximum Gasteiger partial charge on any atom is 0.0380 e. The Balaban J connectivity index is 2.13. The van der Waals surface area contributed by atoms with E-state index in [2.05, 4.69) is 65.1 Å². The van der Waals surface area contributed by atoms with Crippen LogP contribution in [0.1, 0.15) is 32.8 Å². The quantitative estimate of drug-likeness (QED) is 0.910. The molecule has 0 bridgehead atoms. The fraction of sp³-hybridized carbons (Fsp3) is 0.600. The second-order valence-corrected chi connectivity index (χ2v) is 6.25. The van der Waals surface area contributed by atoms with Crippen LogP contribution in [-0.4, -0.2) is 19.1 Å². The number of hydrogen-bond donors (Lipinski definition) is 1. The molecule has 1 N–H and O–H groups in total. The predicted octanol–water partition coefficient (Wildman–Crippen LogP) is 3.79. The Bertz CT molecular complexity index is 405. The highest BCUT2D eigenvalue weighted by molar-refractivity contribution is 9.10. The highest BCUT2D eigenvalue weighted by Crippen LogP contribution is 2.31. The monoisotopic (exact) mass is 310 g/mol. The van der Waals surface area contributed by atoms with Gasteiger partial charge in [0.05, 0.1) is 0 Å². The van der Waals surface area contributed by atoms with Crippen LogP contribution in [0.5, 0.6) is 0 Å². The fourth-order valence-corrected chi connectivity index (χ4v) is 3.28. The number of nitrogens with one attached hydrogen (secondary N) is 1. The van der Waals surface area contributed by atoms with Gasteiger partial charge in [0, 0.05) is 29.3 Å². The SMILES string of the molecule is CCNCc1ccc(N2CC(C)CC2C)cc1Br. The molecule has 2 unspecified atom stereocenters. The summed E-state index contributed by atoms with van der Waals surface area (Å²) in [4.78, 5) is 2.52. The maximum absolute atomic E-state index is 3.69. The fourth-order valence-electron chi connectivity index (χ4n) is 2.78. The van der Waals surface area contributed by atoms with E-state index in [4.69, 9.17) is 0 Å². The summed E-state index contributed by atoms with van der Waals surface area (Å²) < 4.78 is 1.22. The van der Waals surface area contributed by atoms with Crippen molar-refractivity contribution in [1.82, 2.24) is 5.32 Å².